The molecule has 0 bridgehead atoms. The quantitative estimate of drug-likeness (QED) is 0.0262. The van der Waals surface area contributed by atoms with Crippen molar-refractivity contribution in [3.8, 4) is 0 Å². The smallest absolute Gasteiger partial charge is 0.306 e. The molecule has 0 aliphatic heterocycles. The summed E-state index contributed by atoms with van der Waals surface area (Å²) in [5.41, 5.74) is 0. The molecular weight excluding hydrogens is 817 g/mol. The van der Waals surface area contributed by atoms with Crippen molar-refractivity contribution >= 4 is 17.9 Å². The molecule has 0 rings (SSSR count). The third kappa shape index (κ3) is 52.3. The summed E-state index contributed by atoms with van der Waals surface area (Å²) in [6.07, 6.45) is 66.8. The standard InChI is InChI=1S/C60H108O6/c1-4-7-10-13-16-19-22-25-27-29-30-32-33-35-38-41-44-47-50-53-59(62)65-56-57(55-64-58(61)52-49-46-43-40-37-24-21-18-15-12-9-6-3)66-60(63)54-51-48-45-42-39-36-34-31-28-26-23-20-17-14-11-8-5-2/h17,20,26,28,34,36,42,45,57H,4-16,18-19,21-25,27,29-33,35,37-41,43-44,46-56H2,1-3H3/b20-17-,28-26-,36-34-,45-42-/t57-/m1/s1. The third-order valence-electron chi connectivity index (χ3n) is 12.6. The molecule has 0 saturated carbocycles. The highest BCUT2D eigenvalue weighted by atomic mass is 16.6. The molecule has 0 aromatic rings. The largest absolute Gasteiger partial charge is 0.462 e. The van der Waals surface area contributed by atoms with Crippen molar-refractivity contribution in [3.05, 3.63) is 48.6 Å². The molecule has 0 aromatic heterocycles. The molecule has 1 atom stereocenters. The number of rotatable bonds is 52. The van der Waals surface area contributed by atoms with Crippen LogP contribution < -0.4 is 0 Å². The molecule has 0 aliphatic rings. The lowest BCUT2D eigenvalue weighted by atomic mass is 10.0. The Kier molecular flexibility index (Phi) is 52.8. The van der Waals surface area contributed by atoms with Gasteiger partial charge in [-0.3, -0.25) is 14.4 Å². The monoisotopic (exact) mass is 925 g/mol. The maximum absolute atomic E-state index is 12.8. The minimum Gasteiger partial charge on any atom is -0.462 e. The Bertz CT molecular complexity index is 1150. The van der Waals surface area contributed by atoms with Gasteiger partial charge in [-0.25, -0.2) is 0 Å². The zero-order valence-electron chi connectivity index (χ0n) is 44.0. The van der Waals surface area contributed by atoms with Crippen LogP contribution in [0.25, 0.3) is 0 Å². The summed E-state index contributed by atoms with van der Waals surface area (Å²) >= 11 is 0. The van der Waals surface area contributed by atoms with Crippen molar-refractivity contribution in [2.75, 3.05) is 13.2 Å². The van der Waals surface area contributed by atoms with Crippen molar-refractivity contribution in [3.63, 3.8) is 0 Å². The lowest BCUT2D eigenvalue weighted by Crippen LogP contribution is -2.30. The second kappa shape index (κ2) is 55.0. The van der Waals surface area contributed by atoms with Gasteiger partial charge in [-0.05, 0) is 57.8 Å². The predicted molar refractivity (Wildman–Crippen MR) is 284 cm³/mol. The molecule has 0 saturated heterocycles. The molecule has 0 radical (unpaired) electrons. The van der Waals surface area contributed by atoms with E-state index in [1.54, 1.807) is 0 Å². The van der Waals surface area contributed by atoms with Crippen LogP contribution in [0.4, 0.5) is 0 Å². The summed E-state index contributed by atoms with van der Waals surface area (Å²) in [7, 11) is 0. The van der Waals surface area contributed by atoms with E-state index in [0.717, 1.165) is 64.2 Å². The Balaban J connectivity index is 4.39. The molecule has 0 unspecified atom stereocenters. The Hall–Kier alpha value is -2.63. The van der Waals surface area contributed by atoms with Crippen molar-refractivity contribution in [2.45, 2.75) is 303 Å². The lowest BCUT2D eigenvalue weighted by Gasteiger charge is -2.18. The first-order chi connectivity index (χ1) is 32.5. The number of allylic oxidation sites excluding steroid dienone is 8. The number of hydrogen-bond donors (Lipinski definition) is 0. The van der Waals surface area contributed by atoms with Crippen molar-refractivity contribution in [1.82, 2.24) is 0 Å². The third-order valence-corrected chi connectivity index (χ3v) is 12.6. The molecule has 6 heteroatoms. The highest BCUT2D eigenvalue weighted by Crippen LogP contribution is 2.16. The van der Waals surface area contributed by atoms with E-state index < -0.39 is 6.10 Å². The van der Waals surface area contributed by atoms with Gasteiger partial charge < -0.3 is 14.2 Å². The number of hydrogen-bond acceptors (Lipinski definition) is 6. The second-order valence-corrected chi connectivity index (χ2v) is 19.2. The van der Waals surface area contributed by atoms with Gasteiger partial charge in [-0.2, -0.15) is 0 Å². The van der Waals surface area contributed by atoms with Crippen LogP contribution in [0, 0.1) is 0 Å². The van der Waals surface area contributed by atoms with Gasteiger partial charge in [0.2, 0.25) is 0 Å². The van der Waals surface area contributed by atoms with Crippen LogP contribution in [-0.2, 0) is 28.6 Å². The summed E-state index contributed by atoms with van der Waals surface area (Å²) in [6.45, 7) is 6.60. The highest BCUT2D eigenvalue weighted by Gasteiger charge is 2.19. The Morgan fingerprint density at radius 3 is 0.894 bits per heavy atom. The molecule has 0 spiro atoms. The van der Waals surface area contributed by atoms with Gasteiger partial charge >= 0.3 is 17.9 Å². The van der Waals surface area contributed by atoms with Crippen LogP contribution in [0.5, 0.6) is 0 Å². The average molecular weight is 926 g/mol. The topological polar surface area (TPSA) is 78.9 Å². The van der Waals surface area contributed by atoms with Gasteiger partial charge in [0.1, 0.15) is 13.2 Å². The Labute approximate surface area is 409 Å². The van der Waals surface area contributed by atoms with Crippen LogP contribution in [0.2, 0.25) is 0 Å². The van der Waals surface area contributed by atoms with E-state index in [9.17, 15) is 14.4 Å². The molecule has 0 aromatic carbocycles. The van der Waals surface area contributed by atoms with E-state index in [-0.39, 0.29) is 37.5 Å². The van der Waals surface area contributed by atoms with Crippen LogP contribution in [-0.4, -0.2) is 37.2 Å². The van der Waals surface area contributed by atoms with Gasteiger partial charge in [-0.1, -0.05) is 268 Å². The molecule has 384 valence electrons. The van der Waals surface area contributed by atoms with Crippen LogP contribution >= 0.6 is 0 Å². The number of ether oxygens (including phenoxy) is 3. The number of carbonyl (C=O) groups is 3. The van der Waals surface area contributed by atoms with Crippen molar-refractivity contribution in [1.29, 1.82) is 0 Å². The molecular formula is C60H108O6. The summed E-state index contributed by atoms with van der Waals surface area (Å²) in [5.74, 6) is -0.932. The molecule has 66 heavy (non-hydrogen) atoms. The summed E-state index contributed by atoms with van der Waals surface area (Å²) in [5, 5.41) is 0. The lowest BCUT2D eigenvalue weighted by molar-refractivity contribution is -0.167. The average Bonchev–Trinajstić information content (AvgIpc) is 3.31. The number of esters is 3. The molecule has 0 amide bonds. The number of carbonyl (C=O) groups excluding carboxylic acids is 3. The zero-order chi connectivity index (χ0) is 47.9. The Morgan fingerprint density at radius 2 is 0.561 bits per heavy atom. The predicted octanol–water partition coefficient (Wildman–Crippen LogP) is 19.0. The van der Waals surface area contributed by atoms with E-state index in [1.807, 2.05) is 0 Å². The van der Waals surface area contributed by atoms with Gasteiger partial charge in [0.25, 0.3) is 0 Å². The van der Waals surface area contributed by atoms with Gasteiger partial charge in [0.15, 0.2) is 6.10 Å². The minimum absolute atomic E-state index is 0.0905. The van der Waals surface area contributed by atoms with Gasteiger partial charge in [0.05, 0.1) is 0 Å². The SMILES string of the molecule is CCCCC/C=C\C/C=C\C/C=C\C/C=C\CCCC(=O)O[C@H](COC(=O)CCCCCCCCCCCCCC)COC(=O)CCCCCCCCCCCCCCCCCCCCC. The summed E-state index contributed by atoms with van der Waals surface area (Å²) in [4.78, 5) is 38.1. The van der Waals surface area contributed by atoms with Crippen molar-refractivity contribution in [2.24, 2.45) is 0 Å². The first-order valence-electron chi connectivity index (χ1n) is 28.6. The Morgan fingerprint density at radius 1 is 0.303 bits per heavy atom. The molecule has 0 aliphatic carbocycles. The molecule has 0 N–H and O–H groups in total. The van der Waals surface area contributed by atoms with E-state index in [1.165, 1.54) is 186 Å². The summed E-state index contributed by atoms with van der Waals surface area (Å²) in [6, 6.07) is 0. The fraction of sp³-hybridized carbons (Fsp3) is 0.817. The fourth-order valence-electron chi connectivity index (χ4n) is 8.26. The molecule has 6 nitrogen and oxygen atoms in total. The maximum Gasteiger partial charge on any atom is 0.306 e. The molecule has 0 fully saturated rings. The van der Waals surface area contributed by atoms with Crippen LogP contribution in [0.3, 0.4) is 0 Å². The van der Waals surface area contributed by atoms with E-state index in [2.05, 4.69) is 69.4 Å². The number of unbranched alkanes of at least 4 members (excludes halogenated alkanes) is 33. The fourth-order valence-corrected chi connectivity index (χ4v) is 8.26. The van der Waals surface area contributed by atoms with Crippen LogP contribution in [0.15, 0.2) is 48.6 Å². The first kappa shape index (κ1) is 63.4. The van der Waals surface area contributed by atoms with E-state index in [0.29, 0.717) is 19.3 Å². The first-order valence-corrected chi connectivity index (χ1v) is 28.6. The van der Waals surface area contributed by atoms with Gasteiger partial charge in [-0.15, -0.1) is 0 Å². The molecule has 0 heterocycles. The minimum atomic E-state index is -0.797. The van der Waals surface area contributed by atoms with E-state index in [4.69, 9.17) is 14.2 Å². The maximum atomic E-state index is 12.8. The van der Waals surface area contributed by atoms with Crippen LogP contribution in [0.1, 0.15) is 297 Å². The van der Waals surface area contributed by atoms with Crippen molar-refractivity contribution < 1.29 is 28.6 Å². The highest BCUT2D eigenvalue weighted by molar-refractivity contribution is 5.71. The normalized spacial score (nSPS) is 12.3. The summed E-state index contributed by atoms with van der Waals surface area (Å²) < 4.78 is 16.8. The van der Waals surface area contributed by atoms with E-state index >= 15 is 0 Å². The zero-order valence-corrected chi connectivity index (χ0v) is 44.0. The second-order valence-electron chi connectivity index (χ2n) is 19.2. The van der Waals surface area contributed by atoms with Gasteiger partial charge in [0, 0.05) is 19.3 Å².